The summed E-state index contributed by atoms with van der Waals surface area (Å²) in [5.41, 5.74) is 0. The van der Waals surface area contributed by atoms with E-state index in [1.165, 1.54) is 38.5 Å². The molecule has 1 aliphatic heterocycles. The molecule has 0 saturated carbocycles. The highest BCUT2D eigenvalue weighted by atomic mass is 31.2. The van der Waals surface area contributed by atoms with E-state index in [0.717, 1.165) is 25.8 Å². The highest BCUT2D eigenvalue weighted by Gasteiger charge is 2.36. The lowest BCUT2D eigenvalue weighted by atomic mass is 10.1. The molecule has 1 heterocycles. The van der Waals surface area contributed by atoms with Crippen LogP contribution in [0.5, 0.6) is 0 Å². The quantitative estimate of drug-likeness (QED) is 0.248. The molecule has 0 N–H and O–H groups in total. The Bertz CT molecular complexity index is 422. The van der Waals surface area contributed by atoms with Crippen LogP contribution in [0.2, 0.25) is 0 Å². The first-order valence-corrected chi connectivity index (χ1v) is 11.8. The van der Waals surface area contributed by atoms with Crippen molar-refractivity contribution in [1.29, 1.82) is 0 Å². The van der Waals surface area contributed by atoms with Gasteiger partial charge in [0.2, 0.25) is 6.35 Å². The van der Waals surface area contributed by atoms with Crippen molar-refractivity contribution < 1.29 is 18.1 Å². The molecule has 0 amide bonds. The third kappa shape index (κ3) is 8.90. The maximum Gasteiger partial charge on any atom is 0.478 e. The molecule has 1 aliphatic rings. The Morgan fingerprint density at radius 3 is 2.00 bits per heavy atom. The molecule has 0 aromatic heterocycles. The van der Waals surface area contributed by atoms with Gasteiger partial charge in [0.25, 0.3) is 0 Å². The number of unbranched alkanes of at least 4 members (excludes halogenated alkanes) is 6. The highest BCUT2D eigenvalue weighted by molar-refractivity contribution is 7.48. The molecule has 0 fully saturated rings. The van der Waals surface area contributed by atoms with Crippen molar-refractivity contribution in [3.63, 3.8) is 0 Å². The van der Waals surface area contributed by atoms with Crippen molar-refractivity contribution in [1.82, 2.24) is 9.80 Å². The molecular formula is C19H39N2O4P. The molecule has 6 nitrogen and oxygen atoms in total. The maximum absolute atomic E-state index is 12.9. The number of nitrogens with zero attached hydrogens (tertiary/aromatic N) is 2. The van der Waals surface area contributed by atoms with Gasteiger partial charge in [0.05, 0.1) is 13.2 Å². The van der Waals surface area contributed by atoms with E-state index in [1.807, 2.05) is 38.2 Å². The number of phosphoric acid groups is 1. The molecule has 7 heteroatoms. The van der Waals surface area contributed by atoms with Crippen LogP contribution < -0.4 is 0 Å². The van der Waals surface area contributed by atoms with Gasteiger partial charge >= 0.3 is 7.82 Å². The summed E-state index contributed by atoms with van der Waals surface area (Å²) in [6.07, 6.45) is 13.9. The van der Waals surface area contributed by atoms with Gasteiger partial charge in [-0.15, -0.1) is 0 Å². The van der Waals surface area contributed by atoms with Gasteiger partial charge < -0.3 is 9.80 Å². The minimum absolute atomic E-state index is 0.364. The Morgan fingerprint density at radius 1 is 0.846 bits per heavy atom. The van der Waals surface area contributed by atoms with Gasteiger partial charge in [0, 0.05) is 26.0 Å². The molecule has 0 aromatic carbocycles. The Morgan fingerprint density at radius 2 is 1.42 bits per heavy atom. The Labute approximate surface area is 160 Å². The third-order valence-electron chi connectivity index (χ3n) is 4.28. The lowest BCUT2D eigenvalue weighted by Crippen LogP contribution is -2.39. The van der Waals surface area contributed by atoms with E-state index < -0.39 is 14.2 Å². The SMILES string of the molecule is CCCCCCCCCN1C=CN(C)C1OP(=O)(OCCC)OCCC. The van der Waals surface area contributed by atoms with Crippen LogP contribution in [0.15, 0.2) is 12.4 Å². The summed E-state index contributed by atoms with van der Waals surface area (Å²) in [5, 5.41) is 0. The predicted molar refractivity (Wildman–Crippen MR) is 107 cm³/mol. The van der Waals surface area contributed by atoms with Crippen LogP contribution in [0.25, 0.3) is 0 Å². The lowest BCUT2D eigenvalue weighted by Gasteiger charge is -2.32. The Balaban J connectivity index is 2.46. The monoisotopic (exact) mass is 390 g/mol. The standard InChI is InChI=1S/C19H39N2O4P/c1-5-8-9-10-11-12-13-14-21-16-15-20(4)19(21)25-26(22,23-17-6-2)24-18-7-3/h15-16,19H,5-14,17-18H2,1-4H3. The number of hydrogen-bond acceptors (Lipinski definition) is 6. The van der Waals surface area contributed by atoms with Gasteiger partial charge in [-0.05, 0) is 19.3 Å². The topological polar surface area (TPSA) is 51.2 Å². The molecular weight excluding hydrogens is 351 g/mol. The minimum atomic E-state index is -3.56. The highest BCUT2D eigenvalue weighted by Crippen LogP contribution is 2.51. The second kappa shape index (κ2) is 13.6. The number of phosphoric ester groups is 1. The first kappa shape index (κ1) is 23.5. The molecule has 0 aromatic rings. The zero-order valence-corrected chi connectivity index (χ0v) is 18.1. The van der Waals surface area contributed by atoms with E-state index in [0.29, 0.717) is 13.2 Å². The average Bonchev–Trinajstić information content (AvgIpc) is 2.97. The van der Waals surface area contributed by atoms with E-state index in [2.05, 4.69) is 11.8 Å². The maximum atomic E-state index is 12.9. The lowest BCUT2D eigenvalue weighted by molar-refractivity contribution is -0.0460. The fraction of sp³-hybridized carbons (Fsp3) is 0.895. The first-order chi connectivity index (χ1) is 12.6. The zero-order valence-electron chi connectivity index (χ0n) is 17.2. The van der Waals surface area contributed by atoms with Crippen LogP contribution in [-0.4, -0.2) is 43.0 Å². The van der Waals surface area contributed by atoms with Crippen LogP contribution in [0.4, 0.5) is 0 Å². The second-order valence-corrected chi connectivity index (χ2v) is 8.49. The molecule has 1 unspecified atom stereocenters. The molecule has 0 aliphatic carbocycles. The summed E-state index contributed by atoms with van der Waals surface area (Å²) < 4.78 is 29.6. The van der Waals surface area contributed by atoms with Crippen LogP contribution in [0, 0.1) is 0 Å². The molecule has 0 bridgehead atoms. The summed E-state index contributed by atoms with van der Waals surface area (Å²) in [5.74, 6) is 0. The van der Waals surface area contributed by atoms with Crippen molar-refractivity contribution in [2.45, 2.75) is 84.9 Å². The summed E-state index contributed by atoms with van der Waals surface area (Å²) >= 11 is 0. The van der Waals surface area contributed by atoms with Crippen molar-refractivity contribution in [2.75, 3.05) is 26.8 Å². The van der Waals surface area contributed by atoms with Crippen molar-refractivity contribution in [2.24, 2.45) is 0 Å². The summed E-state index contributed by atoms with van der Waals surface area (Å²) in [7, 11) is -1.64. The van der Waals surface area contributed by atoms with Gasteiger partial charge in [-0.25, -0.2) is 9.09 Å². The Kier molecular flexibility index (Phi) is 12.3. The van der Waals surface area contributed by atoms with Gasteiger partial charge in [-0.3, -0.25) is 9.05 Å². The van der Waals surface area contributed by atoms with Crippen molar-refractivity contribution in [3.8, 4) is 0 Å². The Hall–Kier alpha value is -0.550. The summed E-state index contributed by atoms with van der Waals surface area (Å²) in [4.78, 5) is 3.97. The van der Waals surface area contributed by atoms with E-state index in [9.17, 15) is 4.57 Å². The minimum Gasteiger partial charge on any atom is -0.337 e. The first-order valence-electron chi connectivity index (χ1n) is 10.3. The molecule has 1 atom stereocenters. The van der Waals surface area contributed by atoms with Gasteiger partial charge in [0.15, 0.2) is 0 Å². The number of hydrogen-bond donors (Lipinski definition) is 0. The largest absolute Gasteiger partial charge is 0.478 e. The van der Waals surface area contributed by atoms with Crippen LogP contribution in [-0.2, 0) is 18.1 Å². The van der Waals surface area contributed by atoms with Crippen LogP contribution in [0.1, 0.15) is 78.6 Å². The van der Waals surface area contributed by atoms with Gasteiger partial charge in [-0.1, -0.05) is 59.3 Å². The molecule has 154 valence electrons. The van der Waals surface area contributed by atoms with E-state index >= 15 is 0 Å². The van der Waals surface area contributed by atoms with Crippen LogP contribution >= 0.6 is 7.82 Å². The van der Waals surface area contributed by atoms with Gasteiger partial charge in [-0.2, -0.15) is 0 Å². The smallest absolute Gasteiger partial charge is 0.337 e. The molecule has 0 saturated heterocycles. The molecule has 1 rings (SSSR count). The zero-order chi connectivity index (χ0) is 19.3. The predicted octanol–water partition coefficient (Wildman–Crippen LogP) is 5.72. The second-order valence-electron chi connectivity index (χ2n) is 6.87. The molecule has 0 spiro atoms. The van der Waals surface area contributed by atoms with Crippen molar-refractivity contribution in [3.05, 3.63) is 12.4 Å². The van der Waals surface area contributed by atoms with E-state index in [4.69, 9.17) is 13.6 Å². The van der Waals surface area contributed by atoms with Crippen molar-refractivity contribution >= 4 is 7.82 Å². The molecule has 0 radical (unpaired) electrons. The average molecular weight is 391 g/mol. The fourth-order valence-electron chi connectivity index (χ4n) is 2.76. The molecule has 26 heavy (non-hydrogen) atoms. The van der Waals surface area contributed by atoms with E-state index in [1.54, 1.807) is 0 Å². The van der Waals surface area contributed by atoms with E-state index in [-0.39, 0.29) is 0 Å². The summed E-state index contributed by atoms with van der Waals surface area (Å²) in [6.45, 7) is 7.79. The van der Waals surface area contributed by atoms with Gasteiger partial charge in [0.1, 0.15) is 0 Å². The summed E-state index contributed by atoms with van der Waals surface area (Å²) in [6, 6.07) is 0. The third-order valence-corrected chi connectivity index (χ3v) is 5.72. The number of rotatable bonds is 16. The normalized spacial score (nSPS) is 17.5. The fourth-order valence-corrected chi connectivity index (χ4v) is 4.27. The van der Waals surface area contributed by atoms with Crippen LogP contribution in [0.3, 0.4) is 0 Å².